The van der Waals surface area contributed by atoms with Gasteiger partial charge in [-0.25, -0.2) is 4.79 Å². The summed E-state index contributed by atoms with van der Waals surface area (Å²) in [5.41, 5.74) is 3.19. The van der Waals surface area contributed by atoms with E-state index in [0.29, 0.717) is 10.6 Å². The van der Waals surface area contributed by atoms with E-state index >= 15 is 0 Å². The maximum atomic E-state index is 12.8. The predicted molar refractivity (Wildman–Crippen MR) is 116 cm³/mol. The van der Waals surface area contributed by atoms with Gasteiger partial charge in [0, 0.05) is 28.1 Å². The Balaban J connectivity index is 1.99. The lowest BCUT2D eigenvalue weighted by Gasteiger charge is -2.10. The molecule has 0 radical (unpaired) electrons. The zero-order valence-electron chi connectivity index (χ0n) is 16.7. The van der Waals surface area contributed by atoms with Gasteiger partial charge >= 0.3 is 5.97 Å². The molecule has 0 aliphatic heterocycles. The van der Waals surface area contributed by atoms with Crippen molar-refractivity contribution in [3.05, 3.63) is 80.2 Å². The molecule has 2 aromatic carbocycles. The van der Waals surface area contributed by atoms with Crippen molar-refractivity contribution >= 4 is 33.9 Å². The van der Waals surface area contributed by atoms with E-state index in [2.05, 4.69) is 12.2 Å². The summed E-state index contributed by atoms with van der Waals surface area (Å²) < 4.78 is 4.93. The van der Waals surface area contributed by atoms with Crippen LogP contribution in [0.5, 0.6) is 0 Å². The molecule has 0 spiro atoms. The number of thiophene rings is 1. The second-order valence-electron chi connectivity index (χ2n) is 6.56. The minimum absolute atomic E-state index is 0.140. The Kier molecular flexibility index (Phi) is 6.27. The average Bonchev–Trinajstić information content (AvgIpc) is 3.16. The molecule has 0 saturated heterocycles. The number of aryl methyl sites for hydroxylation is 1. The van der Waals surface area contributed by atoms with Gasteiger partial charge in [0.25, 0.3) is 11.6 Å². The fourth-order valence-corrected chi connectivity index (χ4v) is 4.08. The van der Waals surface area contributed by atoms with Crippen LogP contribution < -0.4 is 5.32 Å². The molecule has 3 rings (SSSR count). The number of carbonyl (C=O) groups excluding carboxylic acids is 2. The Morgan fingerprint density at radius 3 is 2.47 bits per heavy atom. The van der Waals surface area contributed by atoms with Crippen LogP contribution in [0, 0.1) is 17.0 Å². The molecule has 0 aliphatic carbocycles. The summed E-state index contributed by atoms with van der Waals surface area (Å²) in [4.78, 5) is 35.9. The highest BCUT2D eigenvalue weighted by Crippen LogP contribution is 2.37. The monoisotopic (exact) mass is 424 g/mol. The molecule has 1 amide bonds. The molecule has 1 aromatic heterocycles. The Bertz CT molecular complexity index is 1120. The first-order valence-electron chi connectivity index (χ1n) is 9.21. The molecule has 7 nitrogen and oxygen atoms in total. The molecule has 0 fully saturated rings. The third kappa shape index (κ3) is 4.08. The number of hydrogen-bond donors (Lipinski definition) is 1. The van der Waals surface area contributed by atoms with E-state index in [-0.39, 0.29) is 22.4 Å². The van der Waals surface area contributed by atoms with Crippen LogP contribution in [0.3, 0.4) is 0 Å². The van der Waals surface area contributed by atoms with Gasteiger partial charge in [0.1, 0.15) is 10.6 Å². The maximum absolute atomic E-state index is 12.8. The van der Waals surface area contributed by atoms with E-state index in [4.69, 9.17) is 4.74 Å². The highest BCUT2D eigenvalue weighted by atomic mass is 32.1. The van der Waals surface area contributed by atoms with Gasteiger partial charge in [0.15, 0.2) is 0 Å². The molecule has 0 aliphatic rings. The van der Waals surface area contributed by atoms with E-state index in [0.717, 1.165) is 12.0 Å². The zero-order chi connectivity index (χ0) is 21.8. The predicted octanol–water partition coefficient (Wildman–Crippen LogP) is 5.23. The van der Waals surface area contributed by atoms with Crippen molar-refractivity contribution < 1.29 is 19.2 Å². The van der Waals surface area contributed by atoms with Crippen LogP contribution >= 0.6 is 11.3 Å². The van der Waals surface area contributed by atoms with Crippen LogP contribution in [0.2, 0.25) is 0 Å². The lowest BCUT2D eigenvalue weighted by Crippen LogP contribution is -2.16. The molecule has 1 heterocycles. The molecule has 1 N–H and O–H groups in total. The van der Waals surface area contributed by atoms with Crippen LogP contribution in [-0.2, 0) is 11.2 Å². The van der Waals surface area contributed by atoms with Crippen molar-refractivity contribution in [2.24, 2.45) is 0 Å². The Morgan fingerprint density at radius 2 is 1.87 bits per heavy atom. The van der Waals surface area contributed by atoms with Crippen molar-refractivity contribution in [3.63, 3.8) is 0 Å². The SMILES string of the molecule is CCc1ccc(-c2csc(NC(=O)c3cccc([N+](=O)[O-])c3C)c2C(=O)OC)cc1. The summed E-state index contributed by atoms with van der Waals surface area (Å²) in [6.45, 7) is 3.58. The van der Waals surface area contributed by atoms with E-state index in [1.54, 1.807) is 5.38 Å². The summed E-state index contributed by atoms with van der Waals surface area (Å²) >= 11 is 1.20. The number of methoxy groups -OCH3 is 1. The molecule has 8 heteroatoms. The first kappa shape index (κ1) is 21.2. The maximum Gasteiger partial charge on any atom is 0.341 e. The number of nitro benzene ring substituents is 1. The number of nitrogens with zero attached hydrogens (tertiary/aromatic N) is 1. The minimum Gasteiger partial charge on any atom is -0.465 e. The summed E-state index contributed by atoms with van der Waals surface area (Å²) in [5.74, 6) is -1.10. The number of anilines is 1. The van der Waals surface area contributed by atoms with Crippen LogP contribution in [0.1, 0.15) is 38.8 Å². The molecular formula is C22H20N2O5S. The number of amides is 1. The second kappa shape index (κ2) is 8.87. The molecule has 0 saturated carbocycles. The third-order valence-corrected chi connectivity index (χ3v) is 5.72. The molecule has 0 atom stereocenters. The normalized spacial score (nSPS) is 10.5. The molecule has 30 heavy (non-hydrogen) atoms. The molecule has 3 aromatic rings. The van der Waals surface area contributed by atoms with Crippen LogP contribution in [0.15, 0.2) is 47.8 Å². The standard InChI is InChI=1S/C22H20N2O5S/c1-4-14-8-10-15(11-9-14)17-12-30-21(19(17)22(26)29-3)23-20(25)16-6-5-7-18(13(16)2)24(27)28/h5-12H,4H2,1-3H3,(H,23,25). The Morgan fingerprint density at radius 1 is 1.17 bits per heavy atom. The van der Waals surface area contributed by atoms with E-state index in [1.807, 2.05) is 24.3 Å². The van der Waals surface area contributed by atoms with Gasteiger partial charge in [-0.3, -0.25) is 14.9 Å². The van der Waals surface area contributed by atoms with Crippen LogP contribution in [0.4, 0.5) is 10.7 Å². The molecule has 154 valence electrons. The van der Waals surface area contributed by atoms with Gasteiger partial charge in [-0.05, 0) is 30.5 Å². The number of ether oxygens (including phenoxy) is 1. The summed E-state index contributed by atoms with van der Waals surface area (Å²) in [7, 11) is 1.28. The smallest absolute Gasteiger partial charge is 0.341 e. The number of rotatable bonds is 6. The van der Waals surface area contributed by atoms with Crippen molar-refractivity contribution in [2.75, 3.05) is 12.4 Å². The van der Waals surface area contributed by atoms with Crippen LogP contribution in [-0.4, -0.2) is 23.9 Å². The molecule has 0 unspecified atom stereocenters. The number of nitro groups is 1. The van der Waals surface area contributed by atoms with Crippen LogP contribution in [0.25, 0.3) is 11.1 Å². The Labute approximate surface area is 177 Å². The second-order valence-corrected chi connectivity index (χ2v) is 7.44. The zero-order valence-corrected chi connectivity index (χ0v) is 17.5. The van der Waals surface area contributed by atoms with Crippen molar-refractivity contribution in [3.8, 4) is 11.1 Å². The minimum atomic E-state index is -0.572. The van der Waals surface area contributed by atoms with E-state index in [1.165, 1.54) is 49.1 Å². The quantitative estimate of drug-likeness (QED) is 0.332. The van der Waals surface area contributed by atoms with Crippen molar-refractivity contribution in [1.29, 1.82) is 0 Å². The number of nitrogens with one attached hydrogen (secondary N) is 1. The molecular weight excluding hydrogens is 404 g/mol. The first-order valence-corrected chi connectivity index (χ1v) is 10.1. The van der Waals surface area contributed by atoms with Gasteiger partial charge in [-0.1, -0.05) is 37.3 Å². The number of esters is 1. The number of benzene rings is 2. The fourth-order valence-electron chi connectivity index (χ4n) is 3.12. The summed E-state index contributed by atoms with van der Waals surface area (Å²) in [6.07, 6.45) is 0.900. The van der Waals surface area contributed by atoms with Crippen molar-refractivity contribution in [2.45, 2.75) is 20.3 Å². The van der Waals surface area contributed by atoms with Gasteiger partial charge in [0.05, 0.1) is 12.0 Å². The summed E-state index contributed by atoms with van der Waals surface area (Å²) in [6, 6.07) is 12.1. The van der Waals surface area contributed by atoms with Gasteiger partial charge in [0.2, 0.25) is 0 Å². The lowest BCUT2D eigenvalue weighted by atomic mass is 10.0. The van der Waals surface area contributed by atoms with Gasteiger partial charge in [-0.15, -0.1) is 11.3 Å². The van der Waals surface area contributed by atoms with Gasteiger partial charge in [-0.2, -0.15) is 0 Å². The molecule has 0 bridgehead atoms. The number of hydrogen-bond acceptors (Lipinski definition) is 6. The Hall–Kier alpha value is -3.52. The number of carbonyl (C=O) groups is 2. The first-order chi connectivity index (χ1) is 14.4. The van der Waals surface area contributed by atoms with Crippen molar-refractivity contribution in [1.82, 2.24) is 0 Å². The lowest BCUT2D eigenvalue weighted by molar-refractivity contribution is -0.385. The highest BCUT2D eigenvalue weighted by Gasteiger charge is 2.24. The largest absolute Gasteiger partial charge is 0.465 e. The average molecular weight is 424 g/mol. The summed E-state index contributed by atoms with van der Waals surface area (Å²) in [5, 5.41) is 16.0. The highest BCUT2D eigenvalue weighted by molar-refractivity contribution is 7.15. The fraction of sp³-hybridized carbons (Fsp3) is 0.182. The van der Waals surface area contributed by atoms with Gasteiger partial charge < -0.3 is 10.1 Å². The third-order valence-electron chi connectivity index (χ3n) is 4.83. The van der Waals surface area contributed by atoms with E-state index < -0.39 is 16.8 Å². The van der Waals surface area contributed by atoms with E-state index in [9.17, 15) is 19.7 Å². The topological polar surface area (TPSA) is 98.5 Å².